The summed E-state index contributed by atoms with van der Waals surface area (Å²) in [6.45, 7) is 1.70. The molecule has 1 unspecified atom stereocenters. The number of nitrogens with zero attached hydrogens (tertiary/aromatic N) is 1. The van der Waals surface area contributed by atoms with Gasteiger partial charge in [0.25, 0.3) is 0 Å². The Bertz CT molecular complexity index is 605. The number of rotatable bonds is 7. The van der Waals surface area contributed by atoms with E-state index >= 15 is 0 Å². The van der Waals surface area contributed by atoms with Crippen LogP contribution >= 0.6 is 11.6 Å². The first-order valence-electron chi connectivity index (χ1n) is 6.83. The molecule has 3 nitrogen and oxygen atoms in total. The molecule has 0 aromatic heterocycles. The normalized spacial score (nSPS) is 17.2. The molecule has 1 aromatic rings. The van der Waals surface area contributed by atoms with Crippen molar-refractivity contribution in [2.45, 2.75) is 32.4 Å². The highest BCUT2D eigenvalue weighted by molar-refractivity contribution is 7.89. The molecular formula is C14H18ClF2NO2S. The average Bonchev–Trinajstić information content (AvgIpc) is 3.21. The monoisotopic (exact) mass is 337 g/mol. The molecule has 1 fully saturated rings. The lowest BCUT2D eigenvalue weighted by Crippen LogP contribution is -2.36. The molecule has 1 aromatic carbocycles. The van der Waals surface area contributed by atoms with Crippen LogP contribution in [-0.2, 0) is 16.6 Å². The van der Waals surface area contributed by atoms with Crippen LogP contribution in [-0.4, -0.2) is 30.4 Å². The maximum atomic E-state index is 13.7. The summed E-state index contributed by atoms with van der Waals surface area (Å²) in [6, 6.07) is 3.12. The second-order valence-electron chi connectivity index (χ2n) is 5.55. The van der Waals surface area contributed by atoms with Crippen molar-refractivity contribution in [2.75, 3.05) is 11.6 Å². The van der Waals surface area contributed by atoms with E-state index in [1.807, 2.05) is 0 Å². The lowest BCUT2D eigenvalue weighted by molar-refractivity contribution is 0.387. The van der Waals surface area contributed by atoms with Gasteiger partial charge in [0.1, 0.15) is 11.6 Å². The summed E-state index contributed by atoms with van der Waals surface area (Å²) >= 11 is 5.68. The molecule has 1 atom stereocenters. The topological polar surface area (TPSA) is 37.4 Å². The third kappa shape index (κ3) is 4.37. The first-order chi connectivity index (χ1) is 9.83. The van der Waals surface area contributed by atoms with Crippen LogP contribution < -0.4 is 0 Å². The first-order valence-corrected chi connectivity index (χ1v) is 8.97. The second kappa shape index (κ2) is 6.58. The molecule has 0 radical (unpaired) electrons. The lowest BCUT2D eigenvalue weighted by atomic mass is 10.2. The maximum Gasteiger partial charge on any atom is 0.214 e. The van der Waals surface area contributed by atoms with Crippen LogP contribution in [0.25, 0.3) is 0 Å². The summed E-state index contributed by atoms with van der Waals surface area (Å²) in [5.74, 6) is -1.37. The van der Waals surface area contributed by atoms with Crippen LogP contribution in [0.1, 0.15) is 25.3 Å². The van der Waals surface area contributed by atoms with Crippen molar-refractivity contribution in [3.8, 4) is 0 Å². The average molecular weight is 338 g/mol. The highest BCUT2D eigenvalue weighted by Crippen LogP contribution is 2.32. The Balaban J connectivity index is 2.20. The van der Waals surface area contributed by atoms with Crippen molar-refractivity contribution in [3.05, 3.63) is 35.4 Å². The fraction of sp³-hybridized carbons (Fsp3) is 0.571. The van der Waals surface area contributed by atoms with Gasteiger partial charge in [-0.2, -0.15) is 4.31 Å². The molecule has 0 N–H and O–H groups in total. The molecule has 0 saturated heterocycles. The Morgan fingerprint density at radius 3 is 2.57 bits per heavy atom. The van der Waals surface area contributed by atoms with Gasteiger partial charge in [0.2, 0.25) is 10.0 Å². The van der Waals surface area contributed by atoms with Gasteiger partial charge in [0, 0.05) is 30.1 Å². The summed E-state index contributed by atoms with van der Waals surface area (Å²) in [6.07, 6.45) is 1.55. The van der Waals surface area contributed by atoms with Crippen LogP contribution in [0.15, 0.2) is 18.2 Å². The number of halogens is 3. The van der Waals surface area contributed by atoms with Gasteiger partial charge in [-0.3, -0.25) is 0 Å². The molecule has 7 heteroatoms. The summed E-state index contributed by atoms with van der Waals surface area (Å²) in [4.78, 5) is 0. The fourth-order valence-electron chi connectivity index (χ4n) is 2.13. The van der Waals surface area contributed by atoms with Crippen LogP contribution in [0.2, 0.25) is 0 Å². The number of alkyl halides is 1. The highest BCUT2D eigenvalue weighted by Gasteiger charge is 2.38. The first kappa shape index (κ1) is 16.6. The Hall–Kier alpha value is -0.720. The van der Waals surface area contributed by atoms with E-state index < -0.39 is 21.7 Å². The van der Waals surface area contributed by atoms with Crippen molar-refractivity contribution in [1.29, 1.82) is 0 Å². The third-order valence-electron chi connectivity index (χ3n) is 3.41. The minimum Gasteiger partial charge on any atom is -0.212 e. The number of hydrogen-bond acceptors (Lipinski definition) is 2. The molecule has 1 saturated carbocycles. The van der Waals surface area contributed by atoms with Crippen LogP contribution in [0, 0.1) is 17.6 Å². The maximum absolute atomic E-state index is 13.7. The van der Waals surface area contributed by atoms with Crippen molar-refractivity contribution in [2.24, 2.45) is 5.92 Å². The zero-order valence-electron chi connectivity index (χ0n) is 11.7. The minimum atomic E-state index is -3.51. The van der Waals surface area contributed by atoms with Gasteiger partial charge in [0.05, 0.1) is 5.75 Å². The van der Waals surface area contributed by atoms with E-state index in [0.717, 1.165) is 25.0 Å². The van der Waals surface area contributed by atoms with Gasteiger partial charge in [0.15, 0.2) is 0 Å². The minimum absolute atomic E-state index is 0.0597. The van der Waals surface area contributed by atoms with Crippen LogP contribution in [0.5, 0.6) is 0 Å². The van der Waals surface area contributed by atoms with Gasteiger partial charge < -0.3 is 0 Å². The quantitative estimate of drug-likeness (QED) is 0.717. The summed E-state index contributed by atoms with van der Waals surface area (Å²) in [5.41, 5.74) is 0.186. The van der Waals surface area contributed by atoms with E-state index in [4.69, 9.17) is 11.6 Å². The predicted octanol–water partition coefficient (Wildman–Crippen LogP) is 3.13. The smallest absolute Gasteiger partial charge is 0.212 e. The van der Waals surface area contributed by atoms with Crippen molar-refractivity contribution in [1.82, 2.24) is 4.31 Å². The van der Waals surface area contributed by atoms with Crippen molar-refractivity contribution in [3.63, 3.8) is 0 Å². The molecule has 1 aliphatic rings. The highest BCUT2D eigenvalue weighted by atomic mass is 35.5. The molecule has 0 bridgehead atoms. The number of hydrogen-bond donors (Lipinski definition) is 0. The Morgan fingerprint density at radius 1 is 1.38 bits per heavy atom. The molecule has 118 valence electrons. The summed E-state index contributed by atoms with van der Waals surface area (Å²) in [7, 11) is -3.51. The third-order valence-corrected chi connectivity index (χ3v) is 6.07. The molecule has 0 spiro atoms. The molecule has 0 heterocycles. The second-order valence-corrected chi connectivity index (χ2v) is 7.82. The number of benzene rings is 1. The van der Waals surface area contributed by atoms with Gasteiger partial charge in [-0.25, -0.2) is 17.2 Å². The van der Waals surface area contributed by atoms with Gasteiger partial charge >= 0.3 is 0 Å². The molecule has 0 aliphatic heterocycles. The SMILES string of the molecule is CC(CCl)CS(=O)(=O)N(Cc1ccc(F)cc1F)C1CC1. The van der Waals surface area contributed by atoms with E-state index in [0.29, 0.717) is 0 Å². The zero-order chi connectivity index (χ0) is 15.6. The van der Waals surface area contributed by atoms with E-state index in [2.05, 4.69) is 0 Å². The van der Waals surface area contributed by atoms with Crippen molar-refractivity contribution >= 4 is 21.6 Å². The molecule has 21 heavy (non-hydrogen) atoms. The Labute approximate surface area is 129 Å². The van der Waals surface area contributed by atoms with E-state index in [9.17, 15) is 17.2 Å². The molecule has 2 rings (SSSR count). The Kier molecular flexibility index (Phi) is 5.22. The standard InChI is InChI=1S/C14H18ClF2NO2S/c1-10(7-15)9-21(19,20)18(13-4-5-13)8-11-2-3-12(16)6-14(11)17/h2-3,6,10,13H,4-5,7-9H2,1H3. The predicted molar refractivity (Wildman–Crippen MR) is 78.6 cm³/mol. The van der Waals surface area contributed by atoms with Gasteiger partial charge in [-0.15, -0.1) is 11.6 Å². The van der Waals surface area contributed by atoms with Gasteiger partial charge in [-0.1, -0.05) is 13.0 Å². The molecular weight excluding hydrogens is 320 g/mol. The van der Waals surface area contributed by atoms with Crippen LogP contribution in [0.4, 0.5) is 8.78 Å². The largest absolute Gasteiger partial charge is 0.214 e. The van der Waals surface area contributed by atoms with E-state index in [1.54, 1.807) is 6.92 Å². The molecule has 0 amide bonds. The van der Waals surface area contributed by atoms with E-state index in [1.165, 1.54) is 10.4 Å². The van der Waals surface area contributed by atoms with Crippen LogP contribution in [0.3, 0.4) is 0 Å². The number of sulfonamides is 1. The lowest BCUT2D eigenvalue weighted by Gasteiger charge is -2.23. The van der Waals surface area contributed by atoms with Crippen molar-refractivity contribution < 1.29 is 17.2 Å². The summed E-state index contributed by atoms with van der Waals surface area (Å²) in [5, 5.41) is 0. The van der Waals surface area contributed by atoms with Gasteiger partial charge in [-0.05, 0) is 24.8 Å². The summed E-state index contributed by atoms with van der Waals surface area (Å²) < 4.78 is 52.8. The Morgan fingerprint density at radius 2 is 2.05 bits per heavy atom. The van der Waals surface area contributed by atoms with E-state index in [-0.39, 0.29) is 35.7 Å². The fourth-order valence-corrected chi connectivity index (χ4v) is 4.40. The molecule has 1 aliphatic carbocycles. The zero-order valence-corrected chi connectivity index (χ0v) is 13.3.